The van der Waals surface area contributed by atoms with Crippen molar-refractivity contribution in [2.24, 2.45) is 0 Å². The molecule has 0 radical (unpaired) electrons. The van der Waals surface area contributed by atoms with Crippen LogP contribution in [0.5, 0.6) is 0 Å². The minimum absolute atomic E-state index is 0.0808. The van der Waals surface area contributed by atoms with Gasteiger partial charge >= 0.3 is 0 Å². The maximum absolute atomic E-state index is 12.0. The zero-order valence-electron chi connectivity index (χ0n) is 16.0. The first-order chi connectivity index (χ1) is 13.3. The smallest absolute Gasteiger partial charge is 0.220 e. The van der Waals surface area contributed by atoms with Crippen LogP contribution >= 0.6 is 0 Å². The van der Waals surface area contributed by atoms with Gasteiger partial charge < -0.3 is 14.6 Å². The largest absolute Gasteiger partial charge is 0.381 e. The number of ether oxygens (including phenoxy) is 1. The van der Waals surface area contributed by atoms with Crippen LogP contribution in [0.2, 0.25) is 0 Å². The molecule has 0 atom stereocenters. The molecule has 0 saturated carbocycles. The number of fused-ring (bicyclic) bond motifs is 1. The van der Waals surface area contributed by atoms with E-state index in [0.29, 0.717) is 26.2 Å². The highest BCUT2D eigenvalue weighted by Crippen LogP contribution is 2.14. The summed E-state index contributed by atoms with van der Waals surface area (Å²) in [5, 5.41) is 11.6. The van der Waals surface area contributed by atoms with Gasteiger partial charge in [0.15, 0.2) is 0 Å². The third-order valence-electron chi connectivity index (χ3n) is 4.93. The van der Waals surface area contributed by atoms with Crippen LogP contribution in [0.4, 0.5) is 0 Å². The summed E-state index contributed by atoms with van der Waals surface area (Å²) < 4.78 is 7.86. The van der Waals surface area contributed by atoms with E-state index in [0.717, 1.165) is 43.9 Å². The maximum atomic E-state index is 12.0. The Balaban J connectivity index is 1.24. The molecular formula is C21H30N4O2. The van der Waals surface area contributed by atoms with Gasteiger partial charge in [-0.25, -0.2) is 0 Å². The van der Waals surface area contributed by atoms with E-state index in [-0.39, 0.29) is 5.91 Å². The molecule has 0 aliphatic carbocycles. The van der Waals surface area contributed by atoms with Crippen LogP contribution in [0, 0.1) is 0 Å². The van der Waals surface area contributed by atoms with E-state index < -0.39 is 0 Å². The van der Waals surface area contributed by atoms with E-state index in [1.165, 1.54) is 24.8 Å². The Morgan fingerprint density at radius 1 is 1.07 bits per heavy atom. The fraction of sp³-hybridized carbons (Fsp3) is 0.571. The number of aromatic nitrogens is 3. The Kier molecular flexibility index (Phi) is 7.84. The van der Waals surface area contributed by atoms with Gasteiger partial charge in [0.2, 0.25) is 5.91 Å². The molecule has 6 heteroatoms. The lowest BCUT2D eigenvalue weighted by Gasteiger charge is -2.08. The average Bonchev–Trinajstić information content (AvgIpc) is 2.92. The van der Waals surface area contributed by atoms with Crippen LogP contribution in [0.3, 0.4) is 0 Å². The number of rotatable bonds is 10. The summed E-state index contributed by atoms with van der Waals surface area (Å²) in [6.07, 6.45) is 7.57. The van der Waals surface area contributed by atoms with Crippen molar-refractivity contribution in [3.05, 3.63) is 47.5 Å². The average molecular weight is 370 g/mol. The van der Waals surface area contributed by atoms with Gasteiger partial charge in [-0.2, -0.15) is 0 Å². The van der Waals surface area contributed by atoms with Crippen molar-refractivity contribution in [2.75, 3.05) is 19.8 Å². The fourth-order valence-electron chi connectivity index (χ4n) is 3.40. The van der Waals surface area contributed by atoms with Gasteiger partial charge in [0.05, 0.1) is 6.61 Å². The molecular weight excluding hydrogens is 340 g/mol. The van der Waals surface area contributed by atoms with Gasteiger partial charge in [0, 0.05) is 39.0 Å². The van der Waals surface area contributed by atoms with Gasteiger partial charge in [0.25, 0.3) is 0 Å². The predicted molar refractivity (Wildman–Crippen MR) is 104 cm³/mol. The minimum Gasteiger partial charge on any atom is -0.381 e. The SMILES string of the molecule is O=C(CCCOCCc1ccccc1)NCCc1nnc2n1CCCCC2. The molecule has 2 aromatic rings. The van der Waals surface area contributed by atoms with Crippen molar-refractivity contribution in [3.63, 3.8) is 0 Å². The molecule has 0 unspecified atom stereocenters. The van der Waals surface area contributed by atoms with Crippen LogP contribution in [-0.4, -0.2) is 40.4 Å². The van der Waals surface area contributed by atoms with Crippen LogP contribution in [-0.2, 0) is 35.3 Å². The maximum Gasteiger partial charge on any atom is 0.220 e. The Labute approximate surface area is 161 Å². The van der Waals surface area contributed by atoms with Crippen LogP contribution < -0.4 is 5.32 Å². The third-order valence-corrected chi connectivity index (χ3v) is 4.93. The van der Waals surface area contributed by atoms with Crippen molar-refractivity contribution in [1.29, 1.82) is 0 Å². The lowest BCUT2D eigenvalue weighted by atomic mass is 10.2. The Morgan fingerprint density at radius 3 is 2.85 bits per heavy atom. The number of hydrogen-bond acceptors (Lipinski definition) is 4. The summed E-state index contributed by atoms with van der Waals surface area (Å²) >= 11 is 0. The standard InChI is InChI=1S/C21H30N4O2/c26-21(11-7-16-27-17-13-18-8-3-1-4-9-18)22-14-12-20-24-23-19-10-5-2-6-15-25(19)20/h1,3-4,8-9H,2,5-7,10-17H2,(H,22,26). The first-order valence-corrected chi connectivity index (χ1v) is 10.1. The molecule has 0 bridgehead atoms. The second-order valence-corrected chi connectivity index (χ2v) is 7.05. The highest BCUT2D eigenvalue weighted by molar-refractivity contribution is 5.75. The molecule has 27 heavy (non-hydrogen) atoms. The summed E-state index contributed by atoms with van der Waals surface area (Å²) in [7, 11) is 0. The number of benzene rings is 1. The molecule has 1 N–H and O–H groups in total. The normalized spacial score (nSPS) is 13.8. The molecule has 3 rings (SSSR count). The second kappa shape index (κ2) is 10.8. The molecule has 0 spiro atoms. The molecule has 6 nitrogen and oxygen atoms in total. The van der Waals surface area contributed by atoms with Crippen LogP contribution in [0.25, 0.3) is 0 Å². The van der Waals surface area contributed by atoms with Gasteiger partial charge in [-0.3, -0.25) is 4.79 Å². The zero-order valence-corrected chi connectivity index (χ0v) is 16.0. The Bertz CT molecular complexity index is 699. The number of nitrogens with zero attached hydrogens (tertiary/aromatic N) is 3. The summed E-state index contributed by atoms with van der Waals surface area (Å²) in [4.78, 5) is 12.0. The molecule has 1 aliphatic rings. The van der Waals surface area contributed by atoms with Crippen molar-refractivity contribution in [3.8, 4) is 0 Å². The second-order valence-electron chi connectivity index (χ2n) is 7.05. The summed E-state index contributed by atoms with van der Waals surface area (Å²) in [5.41, 5.74) is 1.28. The van der Waals surface area contributed by atoms with E-state index in [1.807, 2.05) is 18.2 Å². The van der Waals surface area contributed by atoms with Gasteiger partial charge in [0.1, 0.15) is 11.6 Å². The first kappa shape index (κ1) is 19.5. The monoisotopic (exact) mass is 370 g/mol. The summed E-state index contributed by atoms with van der Waals surface area (Å²) in [5.74, 6) is 2.18. The molecule has 1 aromatic heterocycles. The van der Waals surface area contributed by atoms with Crippen LogP contribution in [0.15, 0.2) is 30.3 Å². The number of amides is 1. The summed E-state index contributed by atoms with van der Waals surface area (Å²) in [6, 6.07) is 10.3. The molecule has 0 saturated heterocycles. The lowest BCUT2D eigenvalue weighted by Crippen LogP contribution is -2.26. The predicted octanol–water partition coefficient (Wildman–Crippen LogP) is 2.70. The van der Waals surface area contributed by atoms with E-state index in [9.17, 15) is 4.79 Å². The number of hydrogen-bond donors (Lipinski definition) is 1. The summed E-state index contributed by atoms with van der Waals surface area (Å²) in [6.45, 7) is 2.94. The number of aryl methyl sites for hydroxylation is 1. The number of nitrogens with one attached hydrogen (secondary N) is 1. The Morgan fingerprint density at radius 2 is 1.96 bits per heavy atom. The molecule has 0 fully saturated rings. The van der Waals surface area contributed by atoms with Crippen LogP contribution in [0.1, 0.15) is 49.3 Å². The topological polar surface area (TPSA) is 69.0 Å². The molecule has 146 valence electrons. The van der Waals surface area contributed by atoms with E-state index in [2.05, 4.69) is 32.2 Å². The van der Waals surface area contributed by atoms with Crippen molar-refractivity contribution in [2.45, 2.75) is 57.9 Å². The molecule has 2 heterocycles. The van der Waals surface area contributed by atoms with Gasteiger partial charge in [-0.15, -0.1) is 10.2 Å². The fourth-order valence-corrected chi connectivity index (χ4v) is 3.40. The molecule has 1 aromatic carbocycles. The van der Waals surface area contributed by atoms with E-state index in [4.69, 9.17) is 4.74 Å². The van der Waals surface area contributed by atoms with E-state index in [1.54, 1.807) is 0 Å². The third kappa shape index (κ3) is 6.47. The molecule has 1 aliphatic heterocycles. The van der Waals surface area contributed by atoms with Crippen molar-refractivity contribution in [1.82, 2.24) is 20.1 Å². The van der Waals surface area contributed by atoms with Crippen molar-refractivity contribution < 1.29 is 9.53 Å². The zero-order chi connectivity index (χ0) is 18.7. The molecule has 1 amide bonds. The highest BCUT2D eigenvalue weighted by atomic mass is 16.5. The first-order valence-electron chi connectivity index (χ1n) is 10.1. The number of carbonyl (C=O) groups excluding carboxylic acids is 1. The van der Waals surface area contributed by atoms with Crippen molar-refractivity contribution >= 4 is 5.91 Å². The van der Waals surface area contributed by atoms with Gasteiger partial charge in [-0.05, 0) is 31.2 Å². The quantitative estimate of drug-likeness (QED) is 0.653. The minimum atomic E-state index is 0.0808. The van der Waals surface area contributed by atoms with Gasteiger partial charge in [-0.1, -0.05) is 36.8 Å². The Hall–Kier alpha value is -2.21. The number of carbonyl (C=O) groups is 1. The lowest BCUT2D eigenvalue weighted by molar-refractivity contribution is -0.121. The van der Waals surface area contributed by atoms with E-state index >= 15 is 0 Å². The highest BCUT2D eigenvalue weighted by Gasteiger charge is 2.14.